The van der Waals surface area contributed by atoms with Gasteiger partial charge in [0.25, 0.3) is 0 Å². The zero-order chi connectivity index (χ0) is 18.8. The van der Waals surface area contributed by atoms with E-state index in [9.17, 15) is 0 Å². The van der Waals surface area contributed by atoms with Crippen LogP contribution >= 0.6 is 0 Å². The van der Waals surface area contributed by atoms with Crippen molar-refractivity contribution >= 4 is 17.5 Å². The third-order valence-corrected chi connectivity index (χ3v) is 4.52. The van der Waals surface area contributed by atoms with Gasteiger partial charge in [-0.05, 0) is 71.1 Å². The predicted octanol–water partition coefficient (Wildman–Crippen LogP) is 7.29. The first kappa shape index (κ1) is 20.0. The lowest BCUT2D eigenvalue weighted by molar-refractivity contribution is 0.916. The second-order valence-corrected chi connectivity index (χ2v) is 7.30. The van der Waals surface area contributed by atoms with E-state index in [1.165, 1.54) is 28.7 Å². The first-order valence-corrected chi connectivity index (χ1v) is 9.59. The topological polar surface area (TPSA) is 24.4 Å². The van der Waals surface area contributed by atoms with Crippen LogP contribution in [0.5, 0.6) is 0 Å². The molecule has 2 rings (SSSR count). The Kier molecular flexibility index (Phi) is 8.14. The second-order valence-electron chi connectivity index (χ2n) is 7.30. The van der Waals surface area contributed by atoms with Crippen LogP contribution in [0.15, 0.2) is 70.4 Å². The van der Waals surface area contributed by atoms with Crippen LogP contribution in [0.2, 0.25) is 0 Å². The van der Waals surface area contributed by atoms with E-state index in [2.05, 4.69) is 86.8 Å². The van der Waals surface area contributed by atoms with Crippen molar-refractivity contribution in [3.05, 3.63) is 70.9 Å². The fraction of sp³-hybridized carbons (Fsp3) is 0.375. The van der Waals surface area contributed by atoms with Crippen molar-refractivity contribution < 1.29 is 0 Å². The molecule has 0 saturated heterocycles. The largest absolute Gasteiger partial charge is 0.278 e. The van der Waals surface area contributed by atoms with Crippen molar-refractivity contribution in [2.75, 3.05) is 5.43 Å². The zero-order valence-electron chi connectivity index (χ0n) is 16.7. The minimum Gasteiger partial charge on any atom is -0.278 e. The number of para-hydroxylation sites is 1. The summed E-state index contributed by atoms with van der Waals surface area (Å²) in [7, 11) is 0. The number of benzene rings is 1. The van der Waals surface area contributed by atoms with Crippen molar-refractivity contribution in [1.29, 1.82) is 0 Å². The lowest BCUT2D eigenvalue weighted by Crippen LogP contribution is -1.96. The molecule has 0 spiro atoms. The van der Waals surface area contributed by atoms with E-state index >= 15 is 0 Å². The standard InChI is InChI=1S/C24H32N2/c1-19(2)9-7-10-20(3)11-8-12-21(4)15-17-23-18-16-22-13-5-6-14-24(22)26-25-23/h5-6,9,11,13-16,18,26H,7-8,10,12,17H2,1-4H3. The van der Waals surface area contributed by atoms with Crippen LogP contribution in [0.25, 0.3) is 6.08 Å². The molecule has 0 fully saturated rings. The Morgan fingerprint density at radius 2 is 1.58 bits per heavy atom. The van der Waals surface area contributed by atoms with Crippen molar-refractivity contribution in [2.45, 2.75) is 59.8 Å². The summed E-state index contributed by atoms with van der Waals surface area (Å²) in [5, 5.41) is 4.51. The van der Waals surface area contributed by atoms with Crippen LogP contribution in [0.3, 0.4) is 0 Å². The number of anilines is 1. The first-order chi connectivity index (χ1) is 12.5. The molecular weight excluding hydrogens is 316 g/mol. The third-order valence-electron chi connectivity index (χ3n) is 4.52. The van der Waals surface area contributed by atoms with E-state index in [-0.39, 0.29) is 0 Å². The molecule has 0 aliphatic carbocycles. The lowest BCUT2D eigenvalue weighted by Gasteiger charge is -2.03. The minimum atomic E-state index is 0.868. The number of rotatable bonds is 8. The predicted molar refractivity (Wildman–Crippen MR) is 117 cm³/mol. The molecule has 138 valence electrons. The molecule has 0 bridgehead atoms. The Morgan fingerprint density at radius 3 is 2.35 bits per heavy atom. The molecule has 1 aromatic rings. The Balaban J connectivity index is 1.78. The van der Waals surface area contributed by atoms with Crippen molar-refractivity contribution in [3.63, 3.8) is 0 Å². The molecule has 0 radical (unpaired) electrons. The van der Waals surface area contributed by atoms with Gasteiger partial charge in [-0.15, -0.1) is 0 Å². The normalized spacial score (nSPS) is 14.2. The van der Waals surface area contributed by atoms with E-state index in [1.54, 1.807) is 0 Å². The Morgan fingerprint density at radius 1 is 0.885 bits per heavy atom. The average molecular weight is 349 g/mol. The Labute approximate surface area is 159 Å². The van der Waals surface area contributed by atoms with E-state index in [0.717, 1.165) is 37.1 Å². The summed E-state index contributed by atoms with van der Waals surface area (Å²) < 4.78 is 0. The quantitative estimate of drug-likeness (QED) is 0.490. The molecule has 0 aromatic heterocycles. The number of hydrogen-bond acceptors (Lipinski definition) is 2. The van der Waals surface area contributed by atoms with Gasteiger partial charge in [0.2, 0.25) is 0 Å². The summed E-state index contributed by atoms with van der Waals surface area (Å²) in [5.74, 6) is 0. The van der Waals surface area contributed by atoms with Crippen molar-refractivity contribution in [3.8, 4) is 0 Å². The summed E-state index contributed by atoms with van der Waals surface area (Å²) in [6.07, 6.45) is 16.7. The van der Waals surface area contributed by atoms with E-state index < -0.39 is 0 Å². The number of fused-ring (bicyclic) bond motifs is 1. The van der Waals surface area contributed by atoms with Crippen LogP contribution in [0.4, 0.5) is 5.69 Å². The zero-order valence-corrected chi connectivity index (χ0v) is 16.7. The second kappa shape index (κ2) is 10.6. The Hall–Kier alpha value is -2.35. The highest BCUT2D eigenvalue weighted by molar-refractivity contribution is 6.01. The molecule has 1 aliphatic heterocycles. The highest BCUT2D eigenvalue weighted by atomic mass is 15.3. The summed E-state index contributed by atoms with van der Waals surface area (Å²) in [5.41, 5.74) is 10.8. The van der Waals surface area contributed by atoms with Crippen molar-refractivity contribution in [1.82, 2.24) is 0 Å². The number of hydrogen-bond donors (Lipinski definition) is 1. The monoisotopic (exact) mass is 348 g/mol. The smallest absolute Gasteiger partial charge is 0.0645 e. The number of allylic oxidation sites excluding steroid dienone is 7. The molecule has 1 aromatic carbocycles. The van der Waals surface area contributed by atoms with Gasteiger partial charge in [0.05, 0.1) is 11.4 Å². The molecule has 26 heavy (non-hydrogen) atoms. The van der Waals surface area contributed by atoms with Gasteiger partial charge < -0.3 is 0 Å². The third kappa shape index (κ3) is 7.26. The molecule has 0 unspecified atom stereocenters. The summed E-state index contributed by atoms with van der Waals surface area (Å²) >= 11 is 0. The molecule has 2 nitrogen and oxygen atoms in total. The van der Waals surface area contributed by atoms with Gasteiger partial charge in [-0.25, -0.2) is 0 Å². The van der Waals surface area contributed by atoms with Gasteiger partial charge in [-0.2, -0.15) is 5.10 Å². The van der Waals surface area contributed by atoms with Gasteiger partial charge in [0.15, 0.2) is 0 Å². The lowest BCUT2D eigenvalue weighted by atomic mass is 10.1. The number of nitrogens with zero attached hydrogens (tertiary/aromatic N) is 1. The highest BCUT2D eigenvalue weighted by Crippen LogP contribution is 2.19. The maximum atomic E-state index is 4.51. The Bertz CT molecular complexity index is 741. The fourth-order valence-electron chi connectivity index (χ4n) is 2.83. The van der Waals surface area contributed by atoms with Crippen LogP contribution in [-0.4, -0.2) is 5.71 Å². The van der Waals surface area contributed by atoms with Gasteiger partial charge in [-0.3, -0.25) is 5.43 Å². The van der Waals surface area contributed by atoms with E-state index in [1.807, 2.05) is 6.07 Å². The van der Waals surface area contributed by atoms with E-state index in [4.69, 9.17) is 0 Å². The summed E-state index contributed by atoms with van der Waals surface area (Å²) in [4.78, 5) is 0. The van der Waals surface area contributed by atoms with Gasteiger partial charge in [0.1, 0.15) is 0 Å². The van der Waals surface area contributed by atoms with Crippen LogP contribution in [0, 0.1) is 0 Å². The maximum Gasteiger partial charge on any atom is 0.0645 e. The molecule has 1 heterocycles. The molecule has 0 amide bonds. The fourth-order valence-corrected chi connectivity index (χ4v) is 2.83. The maximum absolute atomic E-state index is 4.51. The van der Waals surface area contributed by atoms with Crippen molar-refractivity contribution in [2.24, 2.45) is 5.10 Å². The minimum absolute atomic E-state index is 0.868. The summed E-state index contributed by atoms with van der Waals surface area (Å²) in [6, 6.07) is 8.23. The van der Waals surface area contributed by atoms with Gasteiger partial charge in [0, 0.05) is 6.42 Å². The average Bonchev–Trinajstić information content (AvgIpc) is 2.82. The number of nitrogens with one attached hydrogen (secondary N) is 1. The number of hydrazone groups is 1. The highest BCUT2D eigenvalue weighted by Gasteiger charge is 2.03. The molecular formula is C24H32N2. The molecule has 1 aliphatic rings. The van der Waals surface area contributed by atoms with E-state index in [0.29, 0.717) is 0 Å². The summed E-state index contributed by atoms with van der Waals surface area (Å²) in [6.45, 7) is 8.78. The first-order valence-electron chi connectivity index (χ1n) is 9.59. The van der Waals surface area contributed by atoms with Crippen LogP contribution in [-0.2, 0) is 0 Å². The van der Waals surface area contributed by atoms with Gasteiger partial charge in [-0.1, -0.05) is 59.2 Å². The molecule has 0 atom stereocenters. The molecule has 0 saturated carbocycles. The molecule has 2 heteroatoms. The molecule has 1 N–H and O–H groups in total. The SMILES string of the molecule is CC(C)=CCCC(C)=CCCC(C)=CCC1=NNc2ccccc2C=C1. The van der Waals surface area contributed by atoms with Crippen LogP contribution < -0.4 is 5.43 Å². The van der Waals surface area contributed by atoms with Crippen LogP contribution in [0.1, 0.15) is 65.4 Å². The van der Waals surface area contributed by atoms with Gasteiger partial charge >= 0.3 is 0 Å².